The molecular weight excluding hydrogens is 388 g/mol. The summed E-state index contributed by atoms with van der Waals surface area (Å²) in [6.07, 6.45) is 1.64. The van der Waals surface area contributed by atoms with Gasteiger partial charge in [0.2, 0.25) is 11.7 Å². The molecule has 0 aliphatic heterocycles. The lowest BCUT2D eigenvalue weighted by Gasteiger charge is -2.23. The number of benzene rings is 3. The van der Waals surface area contributed by atoms with Crippen LogP contribution in [0, 0.1) is 6.92 Å². The van der Waals surface area contributed by atoms with E-state index < -0.39 is 6.04 Å². The summed E-state index contributed by atoms with van der Waals surface area (Å²) in [4.78, 5) is 38.7. The minimum Gasteiger partial charge on any atom is -0.370 e. The SMILES string of the molecule is Cc1ccccc1NC(=O)[C@@H](Cc1ccccc1)NC1=CC(=O)c2ccccc2C1=O. The first-order chi connectivity index (χ1) is 15.0. The fourth-order valence-corrected chi connectivity index (χ4v) is 3.60. The lowest BCUT2D eigenvalue weighted by Crippen LogP contribution is -2.44. The van der Waals surface area contributed by atoms with Crippen LogP contribution in [0.2, 0.25) is 0 Å². The van der Waals surface area contributed by atoms with E-state index in [2.05, 4.69) is 10.6 Å². The molecule has 1 amide bonds. The van der Waals surface area contributed by atoms with Crippen molar-refractivity contribution >= 4 is 23.2 Å². The van der Waals surface area contributed by atoms with Crippen molar-refractivity contribution in [3.63, 3.8) is 0 Å². The van der Waals surface area contributed by atoms with Crippen LogP contribution in [0.25, 0.3) is 0 Å². The summed E-state index contributed by atoms with van der Waals surface area (Å²) in [5.41, 5.74) is 3.43. The Morgan fingerprint density at radius 2 is 1.48 bits per heavy atom. The summed E-state index contributed by atoms with van der Waals surface area (Å²) in [6.45, 7) is 1.91. The number of fused-ring (bicyclic) bond motifs is 1. The van der Waals surface area contributed by atoms with Crippen LogP contribution in [0.15, 0.2) is 90.6 Å². The van der Waals surface area contributed by atoms with Crippen molar-refractivity contribution in [1.82, 2.24) is 5.32 Å². The fraction of sp³-hybridized carbons (Fsp3) is 0.115. The van der Waals surface area contributed by atoms with Crippen LogP contribution >= 0.6 is 0 Å². The van der Waals surface area contributed by atoms with E-state index >= 15 is 0 Å². The Labute approximate surface area is 180 Å². The van der Waals surface area contributed by atoms with Gasteiger partial charge in [0.15, 0.2) is 5.78 Å². The first kappa shape index (κ1) is 20.3. The third-order valence-electron chi connectivity index (χ3n) is 5.29. The molecule has 5 heteroatoms. The van der Waals surface area contributed by atoms with E-state index in [0.717, 1.165) is 11.1 Å². The first-order valence-corrected chi connectivity index (χ1v) is 10.1. The molecule has 154 valence electrons. The molecule has 1 aliphatic carbocycles. The predicted molar refractivity (Wildman–Crippen MR) is 120 cm³/mol. The van der Waals surface area contributed by atoms with Gasteiger partial charge in [-0.15, -0.1) is 0 Å². The smallest absolute Gasteiger partial charge is 0.247 e. The number of hydrogen-bond donors (Lipinski definition) is 2. The fourth-order valence-electron chi connectivity index (χ4n) is 3.60. The lowest BCUT2D eigenvalue weighted by molar-refractivity contribution is -0.117. The summed E-state index contributed by atoms with van der Waals surface area (Å²) < 4.78 is 0. The number of amides is 1. The Morgan fingerprint density at radius 1 is 0.839 bits per heavy atom. The molecule has 0 fully saturated rings. The second-order valence-electron chi connectivity index (χ2n) is 7.49. The minimum absolute atomic E-state index is 0.129. The normalized spacial score (nSPS) is 13.8. The molecule has 31 heavy (non-hydrogen) atoms. The number of aryl methyl sites for hydroxylation is 1. The number of carbonyl (C=O) groups is 3. The van der Waals surface area contributed by atoms with Crippen LogP contribution < -0.4 is 10.6 Å². The Balaban J connectivity index is 1.62. The van der Waals surface area contributed by atoms with Crippen molar-refractivity contribution in [3.05, 3.63) is 113 Å². The maximum Gasteiger partial charge on any atom is 0.247 e. The molecule has 0 unspecified atom stereocenters. The number of anilines is 1. The number of para-hydroxylation sites is 1. The standard InChI is InChI=1S/C26H22N2O3/c1-17-9-5-8-14-21(17)28-26(31)23(15-18-10-3-2-4-11-18)27-22-16-24(29)19-12-6-7-13-20(19)25(22)30/h2-14,16,23,27H,15H2,1H3,(H,28,31)/t23-/m1/s1. The highest BCUT2D eigenvalue weighted by atomic mass is 16.2. The molecular formula is C26H22N2O3. The van der Waals surface area contributed by atoms with Crippen LogP contribution in [0.1, 0.15) is 31.8 Å². The van der Waals surface area contributed by atoms with Crippen LogP contribution in [0.4, 0.5) is 5.69 Å². The molecule has 0 heterocycles. The third-order valence-corrected chi connectivity index (χ3v) is 5.29. The predicted octanol–water partition coefficient (Wildman–Crippen LogP) is 4.10. The maximum absolute atomic E-state index is 13.2. The van der Waals surface area contributed by atoms with Crippen LogP contribution in [0.5, 0.6) is 0 Å². The molecule has 0 bridgehead atoms. The minimum atomic E-state index is -0.740. The number of Topliss-reactive ketones (excluding diaryl/α,β-unsaturated/α-hetero) is 1. The number of rotatable bonds is 6. The van der Waals surface area contributed by atoms with Crippen molar-refractivity contribution < 1.29 is 14.4 Å². The number of nitrogens with one attached hydrogen (secondary N) is 2. The Morgan fingerprint density at radius 3 is 2.23 bits per heavy atom. The van der Waals surface area contributed by atoms with Crippen molar-refractivity contribution in [2.24, 2.45) is 0 Å². The Hall–Kier alpha value is -3.99. The van der Waals surface area contributed by atoms with Crippen LogP contribution in [-0.4, -0.2) is 23.5 Å². The average molecular weight is 410 g/mol. The lowest BCUT2D eigenvalue weighted by atomic mass is 9.92. The highest BCUT2D eigenvalue weighted by molar-refractivity contribution is 6.24. The van der Waals surface area contributed by atoms with Crippen LogP contribution in [-0.2, 0) is 11.2 Å². The number of allylic oxidation sites excluding steroid dienone is 2. The molecule has 0 saturated carbocycles. The largest absolute Gasteiger partial charge is 0.370 e. The van der Waals surface area contributed by atoms with Crippen molar-refractivity contribution in [1.29, 1.82) is 0 Å². The van der Waals surface area contributed by atoms with Gasteiger partial charge in [0.1, 0.15) is 6.04 Å². The molecule has 3 aromatic rings. The van der Waals surface area contributed by atoms with E-state index in [1.807, 2.05) is 61.5 Å². The van der Waals surface area contributed by atoms with E-state index in [9.17, 15) is 14.4 Å². The summed E-state index contributed by atoms with van der Waals surface area (Å²) in [5.74, 6) is -0.828. The molecule has 1 atom stereocenters. The van der Waals surface area contributed by atoms with E-state index in [-0.39, 0.29) is 23.2 Å². The van der Waals surface area contributed by atoms with Gasteiger partial charge in [0, 0.05) is 29.3 Å². The summed E-state index contributed by atoms with van der Waals surface area (Å²) >= 11 is 0. The van der Waals surface area contributed by atoms with Crippen molar-refractivity contribution in [2.45, 2.75) is 19.4 Å². The van der Waals surface area contributed by atoms with Gasteiger partial charge in [-0.2, -0.15) is 0 Å². The molecule has 0 aromatic heterocycles. The van der Waals surface area contributed by atoms with Crippen LogP contribution in [0.3, 0.4) is 0 Å². The Kier molecular flexibility index (Phi) is 5.76. The highest BCUT2D eigenvalue weighted by Gasteiger charge is 2.29. The summed E-state index contributed by atoms with van der Waals surface area (Å²) in [5, 5.41) is 5.98. The van der Waals surface area contributed by atoms with Gasteiger partial charge in [-0.05, 0) is 24.1 Å². The van der Waals surface area contributed by atoms with E-state index in [1.165, 1.54) is 6.08 Å². The molecule has 3 aromatic carbocycles. The Bertz CT molecular complexity index is 1180. The van der Waals surface area contributed by atoms with Crippen molar-refractivity contribution in [3.8, 4) is 0 Å². The second kappa shape index (κ2) is 8.79. The zero-order chi connectivity index (χ0) is 21.8. The number of carbonyl (C=O) groups excluding carboxylic acids is 3. The molecule has 5 nitrogen and oxygen atoms in total. The van der Waals surface area contributed by atoms with Gasteiger partial charge in [0.25, 0.3) is 0 Å². The second-order valence-corrected chi connectivity index (χ2v) is 7.49. The van der Waals surface area contributed by atoms with Gasteiger partial charge >= 0.3 is 0 Å². The van der Waals surface area contributed by atoms with Gasteiger partial charge in [-0.1, -0.05) is 72.8 Å². The molecule has 0 radical (unpaired) electrons. The van der Waals surface area contributed by atoms with Gasteiger partial charge in [-0.3, -0.25) is 14.4 Å². The van der Waals surface area contributed by atoms with Gasteiger partial charge in [-0.25, -0.2) is 0 Å². The quantitative estimate of drug-likeness (QED) is 0.642. The topological polar surface area (TPSA) is 75.3 Å². The van der Waals surface area contributed by atoms with E-state index in [0.29, 0.717) is 23.2 Å². The van der Waals surface area contributed by atoms with E-state index in [4.69, 9.17) is 0 Å². The maximum atomic E-state index is 13.2. The monoisotopic (exact) mass is 410 g/mol. The summed E-state index contributed by atoms with van der Waals surface area (Å²) in [6, 6.07) is 23.0. The molecule has 0 saturated heterocycles. The molecule has 4 rings (SSSR count). The number of hydrogen-bond acceptors (Lipinski definition) is 4. The molecule has 2 N–H and O–H groups in total. The molecule has 1 aliphatic rings. The first-order valence-electron chi connectivity index (χ1n) is 10.1. The third kappa shape index (κ3) is 4.46. The number of ketones is 2. The molecule has 0 spiro atoms. The van der Waals surface area contributed by atoms with E-state index in [1.54, 1.807) is 24.3 Å². The zero-order valence-corrected chi connectivity index (χ0v) is 17.1. The van der Waals surface area contributed by atoms with Crippen molar-refractivity contribution in [2.75, 3.05) is 5.32 Å². The van der Waals surface area contributed by atoms with Gasteiger partial charge in [0.05, 0.1) is 5.70 Å². The summed E-state index contributed by atoms with van der Waals surface area (Å²) in [7, 11) is 0. The zero-order valence-electron chi connectivity index (χ0n) is 17.1. The van der Waals surface area contributed by atoms with Gasteiger partial charge < -0.3 is 10.6 Å². The highest BCUT2D eigenvalue weighted by Crippen LogP contribution is 2.21. The average Bonchev–Trinajstić information content (AvgIpc) is 2.79.